The van der Waals surface area contributed by atoms with Gasteiger partial charge < -0.3 is 4.74 Å². The van der Waals surface area contributed by atoms with Crippen LogP contribution in [-0.2, 0) is 0 Å². The molecule has 0 aliphatic heterocycles. The summed E-state index contributed by atoms with van der Waals surface area (Å²) in [4.78, 5) is 3.74. The van der Waals surface area contributed by atoms with E-state index in [1.807, 2.05) is 13.8 Å². The number of rotatable bonds is 3. The van der Waals surface area contributed by atoms with Gasteiger partial charge in [0.15, 0.2) is 0 Å². The molecule has 78 valence electrons. The highest BCUT2D eigenvalue weighted by molar-refractivity contribution is 6.21. The predicted molar refractivity (Wildman–Crippen MR) is 54.2 cm³/mol. The van der Waals surface area contributed by atoms with E-state index in [1.165, 1.54) is 13.2 Å². The number of halogens is 2. The molecule has 0 radical (unpaired) electrons. The van der Waals surface area contributed by atoms with Gasteiger partial charge in [-0.2, -0.15) is 0 Å². The van der Waals surface area contributed by atoms with Gasteiger partial charge >= 0.3 is 0 Å². The average molecular weight is 218 g/mol. The Hall–Kier alpha value is -0.830. The summed E-state index contributed by atoms with van der Waals surface area (Å²) in [5.41, 5.74) is 0.438. The normalized spacial score (nSPS) is 13.0. The molecule has 0 spiro atoms. The first-order chi connectivity index (χ1) is 6.56. The molecule has 4 heteroatoms. The van der Waals surface area contributed by atoms with Gasteiger partial charge in [0, 0.05) is 11.6 Å². The molecule has 2 nitrogen and oxygen atoms in total. The number of aromatic nitrogens is 1. The van der Waals surface area contributed by atoms with E-state index in [0.717, 1.165) is 6.20 Å². The summed E-state index contributed by atoms with van der Waals surface area (Å²) in [7, 11) is 1.49. The van der Waals surface area contributed by atoms with Crippen LogP contribution >= 0.6 is 11.6 Å². The minimum absolute atomic E-state index is 0.165. The molecule has 0 fully saturated rings. The zero-order valence-corrected chi connectivity index (χ0v) is 9.18. The lowest BCUT2D eigenvalue weighted by atomic mass is 10.0. The van der Waals surface area contributed by atoms with Crippen molar-refractivity contribution in [2.24, 2.45) is 5.92 Å². The monoisotopic (exact) mass is 217 g/mol. The predicted octanol–water partition coefficient (Wildman–Crippen LogP) is 3.17. The first-order valence-corrected chi connectivity index (χ1v) is 4.83. The Labute approximate surface area is 88.1 Å². The zero-order valence-electron chi connectivity index (χ0n) is 8.42. The van der Waals surface area contributed by atoms with Crippen LogP contribution in [0.1, 0.15) is 24.8 Å². The van der Waals surface area contributed by atoms with Crippen LogP contribution in [0.25, 0.3) is 0 Å². The first-order valence-electron chi connectivity index (χ1n) is 4.39. The highest BCUT2D eigenvalue weighted by Crippen LogP contribution is 2.31. The maximum Gasteiger partial charge on any atom is 0.213 e. The van der Waals surface area contributed by atoms with Crippen LogP contribution in [-0.4, -0.2) is 12.1 Å². The molecule has 0 bridgehead atoms. The van der Waals surface area contributed by atoms with E-state index in [-0.39, 0.29) is 17.1 Å². The van der Waals surface area contributed by atoms with Crippen LogP contribution in [0.3, 0.4) is 0 Å². The summed E-state index contributed by atoms with van der Waals surface area (Å²) in [6.45, 7) is 3.87. The van der Waals surface area contributed by atoms with E-state index in [4.69, 9.17) is 16.3 Å². The second-order valence-electron chi connectivity index (χ2n) is 3.39. The first kappa shape index (κ1) is 11.2. The molecule has 1 atom stereocenters. The molecule has 0 saturated heterocycles. The van der Waals surface area contributed by atoms with Crippen molar-refractivity contribution in [3.05, 3.63) is 23.6 Å². The van der Waals surface area contributed by atoms with Gasteiger partial charge in [-0.05, 0) is 5.92 Å². The van der Waals surface area contributed by atoms with Crippen LogP contribution in [0, 0.1) is 11.7 Å². The summed E-state index contributed by atoms with van der Waals surface area (Å²) >= 11 is 6.05. The minimum Gasteiger partial charge on any atom is -0.481 e. The Morgan fingerprint density at radius 1 is 1.50 bits per heavy atom. The van der Waals surface area contributed by atoms with Crippen LogP contribution in [0.2, 0.25) is 0 Å². The van der Waals surface area contributed by atoms with Gasteiger partial charge in [-0.1, -0.05) is 13.8 Å². The molecule has 1 aromatic rings. The lowest BCUT2D eigenvalue weighted by Gasteiger charge is -2.14. The molecule has 0 N–H and O–H groups in total. The smallest absolute Gasteiger partial charge is 0.213 e. The van der Waals surface area contributed by atoms with Crippen LogP contribution < -0.4 is 4.74 Å². The lowest BCUT2D eigenvalue weighted by Crippen LogP contribution is -2.03. The molecule has 0 aliphatic carbocycles. The van der Waals surface area contributed by atoms with E-state index < -0.39 is 0 Å². The topological polar surface area (TPSA) is 22.1 Å². The average Bonchev–Trinajstić information content (AvgIpc) is 2.17. The van der Waals surface area contributed by atoms with Crippen molar-refractivity contribution >= 4 is 11.6 Å². The van der Waals surface area contributed by atoms with Crippen molar-refractivity contribution in [2.75, 3.05) is 7.11 Å². The highest BCUT2D eigenvalue weighted by Gasteiger charge is 2.17. The van der Waals surface area contributed by atoms with Crippen molar-refractivity contribution in [1.82, 2.24) is 4.98 Å². The fraction of sp³-hybridized carbons (Fsp3) is 0.500. The Kier molecular flexibility index (Phi) is 3.69. The van der Waals surface area contributed by atoms with Crippen LogP contribution in [0.15, 0.2) is 12.3 Å². The molecular weight excluding hydrogens is 205 g/mol. The Balaban J connectivity index is 3.05. The number of hydrogen-bond acceptors (Lipinski definition) is 2. The largest absolute Gasteiger partial charge is 0.481 e. The molecule has 0 saturated carbocycles. The van der Waals surface area contributed by atoms with Gasteiger partial charge in [0.1, 0.15) is 5.82 Å². The van der Waals surface area contributed by atoms with E-state index in [9.17, 15) is 4.39 Å². The fourth-order valence-corrected chi connectivity index (χ4v) is 1.28. The third-order valence-electron chi connectivity index (χ3n) is 1.95. The van der Waals surface area contributed by atoms with E-state index in [1.54, 1.807) is 0 Å². The third-order valence-corrected chi connectivity index (χ3v) is 2.69. The van der Waals surface area contributed by atoms with Gasteiger partial charge in [-0.3, -0.25) is 0 Å². The van der Waals surface area contributed by atoms with Gasteiger partial charge in [0.2, 0.25) is 5.88 Å². The van der Waals surface area contributed by atoms with Gasteiger partial charge in [0.05, 0.1) is 18.7 Å². The standard InChI is InChI=1S/C10H13ClFNO/c1-6(2)10(11)7-4-9(14-3)13-5-8(7)12/h4-6,10H,1-3H3. The van der Waals surface area contributed by atoms with Crippen molar-refractivity contribution < 1.29 is 9.13 Å². The molecule has 0 aliphatic rings. The number of pyridine rings is 1. The molecule has 0 aromatic carbocycles. The van der Waals surface area contributed by atoms with Crippen molar-refractivity contribution in [1.29, 1.82) is 0 Å². The molecule has 1 unspecified atom stereocenters. The minimum atomic E-state index is -0.389. The number of alkyl halides is 1. The summed E-state index contributed by atoms with van der Waals surface area (Å²) < 4.78 is 18.2. The summed E-state index contributed by atoms with van der Waals surface area (Å²) in [5, 5.41) is -0.355. The Morgan fingerprint density at radius 3 is 2.64 bits per heavy atom. The SMILES string of the molecule is COc1cc(C(Cl)C(C)C)c(F)cn1. The number of hydrogen-bond donors (Lipinski definition) is 0. The molecule has 1 heterocycles. The fourth-order valence-electron chi connectivity index (χ4n) is 1.12. The number of ether oxygens (including phenoxy) is 1. The van der Waals surface area contributed by atoms with Gasteiger partial charge in [-0.15, -0.1) is 11.6 Å². The molecule has 14 heavy (non-hydrogen) atoms. The molecule has 0 amide bonds. The number of methoxy groups -OCH3 is 1. The van der Waals surface area contributed by atoms with Gasteiger partial charge in [-0.25, -0.2) is 9.37 Å². The van der Waals surface area contributed by atoms with Crippen molar-refractivity contribution in [2.45, 2.75) is 19.2 Å². The van der Waals surface area contributed by atoms with Crippen LogP contribution in [0.4, 0.5) is 4.39 Å². The zero-order chi connectivity index (χ0) is 10.7. The Bertz CT molecular complexity index is 317. The molecule has 1 rings (SSSR count). The summed E-state index contributed by atoms with van der Waals surface area (Å²) in [6, 6.07) is 1.53. The van der Waals surface area contributed by atoms with Gasteiger partial charge in [0.25, 0.3) is 0 Å². The van der Waals surface area contributed by atoms with E-state index >= 15 is 0 Å². The van der Waals surface area contributed by atoms with E-state index in [0.29, 0.717) is 11.4 Å². The maximum absolute atomic E-state index is 13.3. The summed E-state index contributed by atoms with van der Waals surface area (Å²) in [5.74, 6) is 0.158. The highest BCUT2D eigenvalue weighted by atomic mass is 35.5. The number of nitrogens with zero attached hydrogens (tertiary/aromatic N) is 1. The van der Waals surface area contributed by atoms with E-state index in [2.05, 4.69) is 4.98 Å². The Morgan fingerprint density at radius 2 is 2.14 bits per heavy atom. The van der Waals surface area contributed by atoms with Crippen LogP contribution in [0.5, 0.6) is 5.88 Å². The summed E-state index contributed by atoms with van der Waals surface area (Å²) in [6.07, 6.45) is 1.13. The second-order valence-corrected chi connectivity index (χ2v) is 3.86. The van der Waals surface area contributed by atoms with Crippen molar-refractivity contribution in [3.8, 4) is 5.88 Å². The third kappa shape index (κ3) is 2.35. The second kappa shape index (κ2) is 4.60. The van der Waals surface area contributed by atoms with Crippen molar-refractivity contribution in [3.63, 3.8) is 0 Å². The lowest BCUT2D eigenvalue weighted by molar-refractivity contribution is 0.393. The molecular formula is C10H13ClFNO. The molecule has 1 aromatic heterocycles. The maximum atomic E-state index is 13.3. The quantitative estimate of drug-likeness (QED) is 0.726.